The molecule has 15 heteroatoms. The van der Waals surface area contributed by atoms with Gasteiger partial charge in [0.2, 0.25) is 29.5 Å². The number of aliphatic carboxylic acids is 1. The molecule has 1 rings (SSSR count). The van der Waals surface area contributed by atoms with E-state index in [0.29, 0.717) is 5.56 Å². The molecule has 0 saturated heterocycles. The SMILES string of the molecule is NC(=O)CCC(N)C(=O)NC(Cc1ccc(O)cc1)C(=O)NC(CS)C(=O)NC(CCC(N)=O)C(=O)O. The number of rotatable bonds is 16. The molecule has 1 aromatic rings. The number of amides is 5. The number of phenolic OH excluding ortho intramolecular Hbond substituents is 1. The number of phenols is 1. The van der Waals surface area contributed by atoms with E-state index in [9.17, 15) is 39.0 Å². The average molecular weight is 541 g/mol. The van der Waals surface area contributed by atoms with Crippen LogP contribution in [0.1, 0.15) is 31.2 Å². The van der Waals surface area contributed by atoms with Crippen molar-refractivity contribution < 1.29 is 39.0 Å². The van der Waals surface area contributed by atoms with Crippen molar-refractivity contribution in [3.63, 3.8) is 0 Å². The van der Waals surface area contributed by atoms with Gasteiger partial charge in [-0.25, -0.2) is 4.79 Å². The first-order chi connectivity index (χ1) is 17.3. The molecule has 0 aliphatic heterocycles. The molecule has 0 aliphatic rings. The lowest BCUT2D eigenvalue weighted by molar-refractivity contribution is -0.142. The number of hydrogen-bond donors (Lipinski definition) is 9. The number of carboxylic acids is 1. The summed E-state index contributed by atoms with van der Waals surface area (Å²) in [7, 11) is 0. The summed E-state index contributed by atoms with van der Waals surface area (Å²) >= 11 is 4.04. The highest BCUT2D eigenvalue weighted by molar-refractivity contribution is 7.80. The minimum Gasteiger partial charge on any atom is -0.508 e. The summed E-state index contributed by atoms with van der Waals surface area (Å²) in [5, 5.41) is 25.9. The first-order valence-electron chi connectivity index (χ1n) is 11.2. The Kier molecular flexibility index (Phi) is 12.9. The first kappa shape index (κ1) is 31.2. The van der Waals surface area contributed by atoms with Crippen LogP contribution in [0.25, 0.3) is 0 Å². The predicted molar refractivity (Wildman–Crippen MR) is 134 cm³/mol. The molecule has 4 unspecified atom stereocenters. The van der Waals surface area contributed by atoms with E-state index < -0.39 is 59.7 Å². The third kappa shape index (κ3) is 11.6. The number of carbonyl (C=O) groups excluding carboxylic acids is 5. The quantitative estimate of drug-likeness (QED) is 0.0984. The van der Waals surface area contributed by atoms with Crippen LogP contribution in [0.4, 0.5) is 0 Å². The van der Waals surface area contributed by atoms with E-state index in [1.807, 2.05) is 0 Å². The van der Waals surface area contributed by atoms with Crippen LogP contribution >= 0.6 is 12.6 Å². The number of carbonyl (C=O) groups is 6. The van der Waals surface area contributed by atoms with Crippen molar-refractivity contribution in [3.8, 4) is 5.75 Å². The van der Waals surface area contributed by atoms with Gasteiger partial charge in [0.1, 0.15) is 23.9 Å². The second kappa shape index (κ2) is 15.3. The molecule has 0 aliphatic carbocycles. The zero-order valence-corrected chi connectivity index (χ0v) is 20.8. The predicted octanol–water partition coefficient (Wildman–Crippen LogP) is -2.74. The molecular weight excluding hydrogens is 508 g/mol. The molecule has 204 valence electrons. The van der Waals surface area contributed by atoms with E-state index in [4.69, 9.17) is 17.2 Å². The van der Waals surface area contributed by atoms with Gasteiger partial charge in [0, 0.05) is 25.0 Å². The van der Waals surface area contributed by atoms with Crippen LogP contribution in [0.15, 0.2) is 24.3 Å². The fourth-order valence-electron chi connectivity index (χ4n) is 3.07. The molecule has 0 radical (unpaired) electrons. The molecule has 0 aromatic heterocycles. The summed E-state index contributed by atoms with van der Waals surface area (Å²) in [4.78, 5) is 71.6. The average Bonchev–Trinajstić information content (AvgIpc) is 2.83. The number of benzene rings is 1. The summed E-state index contributed by atoms with van der Waals surface area (Å²) in [6.07, 6.45) is -0.806. The lowest BCUT2D eigenvalue weighted by atomic mass is 10.0. The Morgan fingerprint density at radius 3 is 1.78 bits per heavy atom. The van der Waals surface area contributed by atoms with Gasteiger partial charge in [0.25, 0.3) is 0 Å². The van der Waals surface area contributed by atoms with Gasteiger partial charge in [-0.15, -0.1) is 0 Å². The molecule has 0 saturated carbocycles. The zero-order chi connectivity index (χ0) is 28.1. The van der Waals surface area contributed by atoms with Gasteiger partial charge in [-0.3, -0.25) is 24.0 Å². The van der Waals surface area contributed by atoms with Gasteiger partial charge in [-0.1, -0.05) is 12.1 Å². The van der Waals surface area contributed by atoms with Crippen molar-refractivity contribution in [1.29, 1.82) is 0 Å². The Morgan fingerprint density at radius 1 is 0.784 bits per heavy atom. The van der Waals surface area contributed by atoms with Crippen LogP contribution in [0.5, 0.6) is 5.75 Å². The maximum atomic E-state index is 13.1. The standard InChI is InChI=1S/C22H32N6O8S/c23-13(5-7-17(24)30)19(32)27-15(9-11-1-3-12(29)4-2-11)20(33)28-16(10-37)21(34)26-14(22(35)36)6-8-18(25)31/h1-4,13-16,29,37H,5-10,23H2,(H2,24,30)(H2,25,31)(H,26,34)(H,27,32)(H,28,33)(H,35,36). The van der Waals surface area contributed by atoms with Gasteiger partial charge in [0.05, 0.1) is 6.04 Å². The molecule has 0 bridgehead atoms. The Balaban J connectivity index is 3.00. The van der Waals surface area contributed by atoms with Crippen molar-refractivity contribution in [2.45, 2.75) is 56.3 Å². The molecule has 14 nitrogen and oxygen atoms in total. The number of primary amides is 2. The van der Waals surface area contributed by atoms with Crippen LogP contribution in [0.3, 0.4) is 0 Å². The van der Waals surface area contributed by atoms with Crippen molar-refractivity contribution in [2.75, 3.05) is 5.75 Å². The minimum absolute atomic E-state index is 0.0154. The molecule has 1 aromatic carbocycles. The number of carboxylic acid groups (broad SMARTS) is 1. The monoisotopic (exact) mass is 540 g/mol. The van der Waals surface area contributed by atoms with Gasteiger partial charge in [-0.05, 0) is 30.5 Å². The Morgan fingerprint density at radius 2 is 1.27 bits per heavy atom. The maximum absolute atomic E-state index is 13.1. The van der Waals surface area contributed by atoms with Gasteiger partial charge in [-0.2, -0.15) is 12.6 Å². The lowest BCUT2D eigenvalue weighted by Gasteiger charge is -2.24. The molecule has 0 fully saturated rings. The number of nitrogens with one attached hydrogen (secondary N) is 3. The largest absolute Gasteiger partial charge is 0.508 e. The van der Waals surface area contributed by atoms with Crippen molar-refractivity contribution >= 4 is 48.1 Å². The molecule has 0 heterocycles. The highest BCUT2D eigenvalue weighted by Gasteiger charge is 2.30. The number of hydrogen-bond acceptors (Lipinski definition) is 9. The highest BCUT2D eigenvalue weighted by Crippen LogP contribution is 2.12. The number of nitrogens with two attached hydrogens (primary N) is 3. The summed E-state index contributed by atoms with van der Waals surface area (Å²) in [5.74, 6) is -5.47. The van der Waals surface area contributed by atoms with E-state index in [0.717, 1.165) is 0 Å². The summed E-state index contributed by atoms with van der Waals surface area (Å²) in [6.45, 7) is 0. The lowest BCUT2D eigenvalue weighted by Crippen LogP contribution is -2.58. The van der Waals surface area contributed by atoms with Crippen LogP contribution in [0, 0.1) is 0 Å². The number of thiol groups is 1. The first-order valence-corrected chi connectivity index (χ1v) is 11.8. The van der Waals surface area contributed by atoms with Crippen molar-refractivity contribution in [3.05, 3.63) is 29.8 Å². The highest BCUT2D eigenvalue weighted by atomic mass is 32.1. The maximum Gasteiger partial charge on any atom is 0.326 e. The molecule has 5 amide bonds. The van der Waals surface area contributed by atoms with Crippen molar-refractivity contribution in [2.24, 2.45) is 17.2 Å². The van der Waals surface area contributed by atoms with Gasteiger partial charge >= 0.3 is 5.97 Å². The van der Waals surface area contributed by atoms with E-state index in [1.165, 1.54) is 24.3 Å². The van der Waals surface area contributed by atoms with Crippen LogP contribution in [0.2, 0.25) is 0 Å². The topological polar surface area (TPSA) is 257 Å². The van der Waals surface area contributed by atoms with Gasteiger partial charge < -0.3 is 43.4 Å². The second-order valence-electron chi connectivity index (χ2n) is 8.19. The molecule has 37 heavy (non-hydrogen) atoms. The van der Waals surface area contributed by atoms with Crippen LogP contribution < -0.4 is 33.2 Å². The Hall–Kier alpha value is -3.85. The zero-order valence-electron chi connectivity index (χ0n) is 19.9. The Bertz CT molecular complexity index is 990. The van der Waals surface area contributed by atoms with E-state index >= 15 is 0 Å². The third-order valence-corrected chi connectivity index (χ3v) is 5.52. The normalized spacial score (nSPS) is 13.9. The molecule has 4 atom stereocenters. The Labute approximate surface area is 218 Å². The minimum atomic E-state index is -1.44. The molecule has 0 spiro atoms. The summed E-state index contributed by atoms with van der Waals surface area (Å²) in [5.41, 5.74) is 16.4. The summed E-state index contributed by atoms with van der Waals surface area (Å²) in [6, 6.07) is 0.690. The van der Waals surface area contributed by atoms with E-state index in [1.54, 1.807) is 0 Å². The summed E-state index contributed by atoms with van der Waals surface area (Å²) < 4.78 is 0. The number of aromatic hydroxyl groups is 1. The molecule has 11 N–H and O–H groups in total. The second-order valence-corrected chi connectivity index (χ2v) is 8.56. The molecular formula is C22H32N6O8S. The fourth-order valence-corrected chi connectivity index (χ4v) is 3.32. The smallest absolute Gasteiger partial charge is 0.326 e. The fraction of sp³-hybridized carbons (Fsp3) is 0.455. The van der Waals surface area contributed by atoms with Crippen LogP contribution in [-0.4, -0.2) is 75.6 Å². The van der Waals surface area contributed by atoms with Crippen molar-refractivity contribution in [1.82, 2.24) is 16.0 Å². The van der Waals surface area contributed by atoms with Crippen LogP contribution in [-0.2, 0) is 35.2 Å². The van der Waals surface area contributed by atoms with E-state index in [2.05, 4.69) is 28.6 Å². The third-order valence-electron chi connectivity index (χ3n) is 5.16. The van der Waals surface area contributed by atoms with E-state index in [-0.39, 0.29) is 43.6 Å². The van der Waals surface area contributed by atoms with Gasteiger partial charge in [0.15, 0.2) is 0 Å².